The predicted molar refractivity (Wildman–Crippen MR) is 48.8 cm³/mol. The van der Waals surface area contributed by atoms with Gasteiger partial charge in [-0.2, -0.15) is 0 Å². The first kappa shape index (κ1) is 11.3. The van der Waals surface area contributed by atoms with Crippen LogP contribution in [0.5, 0.6) is 0 Å². The molecule has 0 fully saturated rings. The van der Waals surface area contributed by atoms with E-state index in [-0.39, 0.29) is 6.42 Å². The number of halogens is 2. The normalized spacial score (nSPS) is 27.9. The van der Waals surface area contributed by atoms with E-state index in [1.165, 1.54) is 6.92 Å². The zero-order valence-electron chi connectivity index (χ0n) is 8.47. The molecule has 0 aromatic carbocycles. The smallest absolute Gasteiger partial charge is 0.208 e. The molecule has 2 atom stereocenters. The largest absolute Gasteiger partial charge is 0.362 e. The van der Waals surface area contributed by atoms with Crippen molar-refractivity contribution in [2.75, 3.05) is 0 Å². The van der Waals surface area contributed by atoms with E-state index < -0.39 is 24.0 Å². The van der Waals surface area contributed by atoms with E-state index in [0.29, 0.717) is 11.1 Å². The lowest BCUT2D eigenvalue weighted by Gasteiger charge is -2.26. The van der Waals surface area contributed by atoms with Crippen LogP contribution in [-0.4, -0.2) is 17.5 Å². The fourth-order valence-corrected chi connectivity index (χ4v) is 1.32. The summed E-state index contributed by atoms with van der Waals surface area (Å²) in [5.74, 6) is -1.14. The quantitative estimate of drug-likeness (QED) is 0.711. The molecule has 0 bridgehead atoms. The lowest BCUT2D eigenvalue weighted by molar-refractivity contribution is -0.126. The fraction of sp³-hybridized carbons (Fsp3) is 0.600. The molecule has 0 unspecified atom stereocenters. The maximum atomic E-state index is 13.4. The average Bonchev–Trinajstić information content (AvgIpc) is 2.12. The molecular weight excluding hydrogens is 190 g/mol. The van der Waals surface area contributed by atoms with Crippen molar-refractivity contribution in [1.29, 1.82) is 0 Å². The highest BCUT2D eigenvalue weighted by Crippen LogP contribution is 2.30. The van der Waals surface area contributed by atoms with Crippen LogP contribution in [0.1, 0.15) is 27.2 Å². The van der Waals surface area contributed by atoms with E-state index in [4.69, 9.17) is 9.84 Å². The molecule has 1 rings (SSSR count). The van der Waals surface area contributed by atoms with E-state index in [1.54, 1.807) is 13.8 Å². The van der Waals surface area contributed by atoms with Crippen molar-refractivity contribution in [3.8, 4) is 0 Å². The SMILES string of the molecule is CC(C)=C(F)[C@@H]1CC(C)=C(F)[C@@H](O)O1. The van der Waals surface area contributed by atoms with Crippen LogP contribution in [0.15, 0.2) is 22.8 Å². The number of aliphatic hydroxyl groups excluding tert-OH is 1. The highest BCUT2D eigenvalue weighted by Gasteiger charge is 2.29. The molecule has 0 saturated heterocycles. The van der Waals surface area contributed by atoms with Gasteiger partial charge in [-0.3, -0.25) is 0 Å². The number of ether oxygens (including phenoxy) is 1. The Morgan fingerprint density at radius 2 is 2.07 bits per heavy atom. The topological polar surface area (TPSA) is 29.5 Å². The Bertz CT molecular complexity index is 290. The minimum atomic E-state index is -1.63. The second-order valence-electron chi connectivity index (χ2n) is 3.66. The molecule has 0 aliphatic carbocycles. The lowest BCUT2D eigenvalue weighted by Crippen LogP contribution is -2.29. The summed E-state index contributed by atoms with van der Waals surface area (Å²) in [6, 6.07) is 0. The van der Waals surface area contributed by atoms with Crippen LogP contribution >= 0.6 is 0 Å². The van der Waals surface area contributed by atoms with E-state index in [9.17, 15) is 8.78 Å². The first-order valence-electron chi connectivity index (χ1n) is 4.45. The van der Waals surface area contributed by atoms with Crippen LogP contribution < -0.4 is 0 Å². The van der Waals surface area contributed by atoms with E-state index in [1.807, 2.05) is 0 Å². The standard InChI is InChI=1S/C10H14F2O2/c1-5(2)8(11)7-4-6(3)9(12)10(13)14-7/h7,10,13H,4H2,1-3H3/t7-,10-/m0/s1. The summed E-state index contributed by atoms with van der Waals surface area (Å²) >= 11 is 0. The first-order chi connectivity index (χ1) is 6.43. The van der Waals surface area contributed by atoms with Crippen molar-refractivity contribution in [3.05, 3.63) is 22.8 Å². The van der Waals surface area contributed by atoms with Gasteiger partial charge in [0.1, 0.15) is 11.9 Å². The molecule has 2 nitrogen and oxygen atoms in total. The zero-order valence-corrected chi connectivity index (χ0v) is 8.47. The monoisotopic (exact) mass is 204 g/mol. The number of hydrogen-bond donors (Lipinski definition) is 1. The fourth-order valence-electron chi connectivity index (χ4n) is 1.32. The molecule has 1 heterocycles. The molecule has 0 radical (unpaired) electrons. The highest BCUT2D eigenvalue weighted by atomic mass is 19.1. The van der Waals surface area contributed by atoms with Gasteiger partial charge < -0.3 is 9.84 Å². The third-order valence-electron chi connectivity index (χ3n) is 2.17. The molecule has 0 spiro atoms. The van der Waals surface area contributed by atoms with Crippen molar-refractivity contribution >= 4 is 0 Å². The minimum Gasteiger partial charge on any atom is -0.362 e. The number of aliphatic hydroxyl groups is 1. The number of allylic oxidation sites excluding steroid dienone is 1. The second kappa shape index (κ2) is 4.19. The van der Waals surface area contributed by atoms with Gasteiger partial charge in [-0.05, 0) is 31.9 Å². The third kappa shape index (κ3) is 2.19. The predicted octanol–water partition coefficient (Wildman–Crippen LogP) is 2.60. The molecule has 14 heavy (non-hydrogen) atoms. The van der Waals surface area contributed by atoms with E-state index >= 15 is 0 Å². The van der Waals surface area contributed by atoms with E-state index in [0.717, 1.165) is 0 Å². The number of hydrogen-bond acceptors (Lipinski definition) is 2. The Morgan fingerprint density at radius 3 is 2.50 bits per heavy atom. The second-order valence-corrected chi connectivity index (χ2v) is 3.66. The van der Waals surface area contributed by atoms with Crippen LogP contribution in [0.4, 0.5) is 8.78 Å². The van der Waals surface area contributed by atoms with Crippen LogP contribution in [0.2, 0.25) is 0 Å². The molecule has 0 aromatic rings. The van der Waals surface area contributed by atoms with Crippen molar-refractivity contribution in [3.63, 3.8) is 0 Å². The maximum absolute atomic E-state index is 13.4. The molecule has 1 N–H and O–H groups in total. The Balaban J connectivity index is 2.86. The summed E-state index contributed by atoms with van der Waals surface area (Å²) in [6.07, 6.45) is -2.33. The van der Waals surface area contributed by atoms with Gasteiger partial charge in [0.15, 0.2) is 5.83 Å². The van der Waals surface area contributed by atoms with Gasteiger partial charge in [-0.15, -0.1) is 0 Å². The molecule has 0 saturated carbocycles. The van der Waals surface area contributed by atoms with Crippen molar-refractivity contribution < 1.29 is 18.6 Å². The Labute approximate surface area is 81.9 Å². The van der Waals surface area contributed by atoms with Gasteiger partial charge in [-0.25, -0.2) is 8.78 Å². The molecule has 80 valence electrons. The Morgan fingerprint density at radius 1 is 1.50 bits per heavy atom. The first-order valence-corrected chi connectivity index (χ1v) is 4.45. The summed E-state index contributed by atoms with van der Waals surface area (Å²) in [5.41, 5.74) is 0.822. The van der Waals surface area contributed by atoms with Gasteiger partial charge in [0.05, 0.1) is 0 Å². The van der Waals surface area contributed by atoms with Crippen molar-refractivity contribution in [1.82, 2.24) is 0 Å². The Kier molecular flexibility index (Phi) is 3.39. The third-order valence-corrected chi connectivity index (χ3v) is 2.17. The van der Waals surface area contributed by atoms with Crippen LogP contribution in [0.3, 0.4) is 0 Å². The molecule has 1 aliphatic heterocycles. The van der Waals surface area contributed by atoms with Crippen molar-refractivity contribution in [2.24, 2.45) is 0 Å². The summed E-state index contributed by atoms with van der Waals surface area (Å²) in [7, 11) is 0. The minimum absolute atomic E-state index is 0.153. The van der Waals surface area contributed by atoms with Gasteiger partial charge in [0.25, 0.3) is 0 Å². The molecule has 4 heteroatoms. The van der Waals surface area contributed by atoms with Crippen LogP contribution in [0.25, 0.3) is 0 Å². The van der Waals surface area contributed by atoms with Gasteiger partial charge in [0, 0.05) is 6.42 Å². The molecule has 1 aliphatic rings. The van der Waals surface area contributed by atoms with E-state index in [2.05, 4.69) is 0 Å². The van der Waals surface area contributed by atoms with Gasteiger partial charge in [0.2, 0.25) is 6.29 Å². The highest BCUT2D eigenvalue weighted by molar-refractivity contribution is 5.18. The van der Waals surface area contributed by atoms with Gasteiger partial charge >= 0.3 is 0 Å². The van der Waals surface area contributed by atoms with Crippen LogP contribution in [0, 0.1) is 0 Å². The summed E-state index contributed by atoms with van der Waals surface area (Å²) in [4.78, 5) is 0. The summed E-state index contributed by atoms with van der Waals surface area (Å²) in [5, 5.41) is 9.10. The average molecular weight is 204 g/mol. The molecule has 0 amide bonds. The summed E-state index contributed by atoms with van der Waals surface area (Å²) < 4.78 is 31.1. The van der Waals surface area contributed by atoms with Crippen molar-refractivity contribution in [2.45, 2.75) is 39.6 Å². The maximum Gasteiger partial charge on any atom is 0.208 e. The van der Waals surface area contributed by atoms with Crippen LogP contribution in [-0.2, 0) is 4.74 Å². The van der Waals surface area contributed by atoms with Gasteiger partial charge in [-0.1, -0.05) is 0 Å². The number of rotatable bonds is 1. The zero-order chi connectivity index (χ0) is 10.9. The lowest BCUT2D eigenvalue weighted by atomic mass is 10.0. The molecular formula is C10H14F2O2. The summed E-state index contributed by atoms with van der Waals surface area (Å²) in [6.45, 7) is 4.73. The molecule has 0 aromatic heterocycles. The Hall–Kier alpha value is -0.740.